The Labute approximate surface area is 863 Å². The Kier molecular flexibility index (Phi) is 42.9. The molecule has 0 saturated carbocycles. The molecule has 3 N–H and O–H groups in total. The summed E-state index contributed by atoms with van der Waals surface area (Å²) in [6.45, 7) is 5.93. The highest BCUT2D eigenvalue weighted by atomic mass is 127. The first-order chi connectivity index (χ1) is 62.7. The summed E-state index contributed by atoms with van der Waals surface area (Å²) in [5.74, 6) is -15.0. The zero-order valence-corrected chi connectivity index (χ0v) is 88.1. The second kappa shape index (κ2) is 52.9. The number of benzene rings is 15. The van der Waals surface area contributed by atoms with E-state index in [0.29, 0.717) is 11.1 Å². The van der Waals surface area contributed by atoms with Crippen molar-refractivity contribution in [2.75, 3.05) is 5.73 Å². The number of aliphatic hydroxyl groups is 1. The monoisotopic (exact) mass is 2620 g/mol. The van der Waals surface area contributed by atoms with Crippen LogP contribution in [0.3, 0.4) is 0 Å². The summed E-state index contributed by atoms with van der Waals surface area (Å²) in [4.78, 5) is 66.7. The maximum Gasteiger partial charge on any atom is 0.339 e. The Hall–Kier alpha value is -8.56. The minimum absolute atomic E-state index is 0.0146. The number of halogens is 12. The average Bonchev–Trinajstić information content (AvgIpc) is 1.60. The highest BCUT2D eigenvalue weighted by molar-refractivity contribution is 14.1. The number of ether oxygens (including phenoxy) is 1. The van der Waals surface area contributed by atoms with E-state index < -0.39 is 76.1 Å². The van der Waals surface area contributed by atoms with Crippen molar-refractivity contribution in [3.05, 3.63) is 435 Å². The molecule has 0 aliphatic carbocycles. The summed E-state index contributed by atoms with van der Waals surface area (Å²) < 4.78 is 78.0. The van der Waals surface area contributed by atoms with E-state index in [2.05, 4.69) is 404 Å². The summed E-state index contributed by atoms with van der Waals surface area (Å²) in [5.41, 5.74) is 0.459. The van der Waals surface area contributed by atoms with E-state index in [0.717, 1.165) is 43.7 Å². The van der Waals surface area contributed by atoms with Crippen molar-refractivity contribution < 1.29 is 76.2 Å². The number of anilines is 1. The number of hydrogen-bond acceptors (Lipinski definition) is 12. The number of fused-ring (bicyclic) bond motifs is 3. The highest BCUT2D eigenvalue weighted by Crippen LogP contribution is 2.48. The van der Waals surface area contributed by atoms with Gasteiger partial charge in [0.2, 0.25) is 0 Å². The van der Waals surface area contributed by atoms with Gasteiger partial charge in [-0.3, -0.25) is 0 Å². The van der Waals surface area contributed by atoms with Gasteiger partial charge in [-0.25, -0.2) is 26.7 Å². The second-order valence-electron chi connectivity index (χ2n) is 28.3. The van der Waals surface area contributed by atoms with Crippen LogP contribution < -0.4 is 26.2 Å². The van der Waals surface area contributed by atoms with Crippen molar-refractivity contribution in [3.63, 3.8) is 0 Å². The van der Waals surface area contributed by atoms with Gasteiger partial charge < -0.3 is 55.2 Å². The third-order valence-electron chi connectivity index (χ3n) is 18.3. The van der Waals surface area contributed by atoms with Gasteiger partial charge in [0.05, 0.1) is 67.3 Å². The zero-order valence-electron chi connectivity index (χ0n) is 69.8. The normalized spacial score (nSPS) is 10.9. The number of carboxylic acids is 4. The summed E-state index contributed by atoms with van der Waals surface area (Å²) in [6.07, 6.45) is -0.972. The van der Waals surface area contributed by atoms with Gasteiger partial charge in [0.25, 0.3) is 0 Å². The fourth-order valence-electron chi connectivity index (χ4n) is 12.0. The Morgan fingerprint density at radius 1 is 0.382 bits per heavy atom. The molecule has 1 aromatic heterocycles. The molecule has 0 spiro atoms. The van der Waals surface area contributed by atoms with Gasteiger partial charge >= 0.3 is 5.97 Å². The molecular formula is C103H79F5I7NO11S4. The van der Waals surface area contributed by atoms with Crippen LogP contribution in [0.1, 0.15) is 65.2 Å². The van der Waals surface area contributed by atoms with Crippen LogP contribution in [0.5, 0.6) is 0 Å². The number of carbonyl (C=O) groups excluding carboxylic acids is 5. The van der Waals surface area contributed by atoms with E-state index in [1.807, 2.05) is 120 Å². The highest BCUT2D eigenvalue weighted by Gasteiger charge is 2.32. The van der Waals surface area contributed by atoms with Crippen LogP contribution in [0.15, 0.2) is 408 Å². The van der Waals surface area contributed by atoms with Gasteiger partial charge in [-0.2, -0.15) is 0 Å². The number of aromatic carboxylic acids is 2. The Bertz CT molecular complexity index is 6010. The molecule has 0 aliphatic rings. The SMILES string of the molecule is CC(C)(O)C(=O)[O-].CC(C)C(CC(=O)[O-])OC(=O)c1cc(I)cc(I)c1I.Fc1ccc([S+](c2ccccc2)c2ccccc2)cc1.Nc1c(F)c(F)c(C(=O)[O-])c(F)c1F.O=C([O-])c1c(I)c(I)cc(I)c1I.c1ccc(-[s+]2c3ccccc3c3ccccc32)cc1.c1ccc([S+](c2ccccc2)c2ccccc2)cc1.c1ccc([S+](c2ccccc2)c2ccccc2)cc1. The standard InChI is InChI=1S/C18H14FS.C18H13S.2C18H15S.C13H13I3O4.C7H3F4NO2.C7H2I4O2.C4H8O3/c19-15-11-13-18(14-12-15)20(16-7-3-1-4-8-16)17-9-5-2-6-10-17;1-2-8-14(9-3-1)19-17-12-6-4-10-15(17)16-11-5-7-13-18(16)19;2*1-4-10-16(11-5-1)19(17-12-6-2-7-13-17)18-14-8-3-9-15-18;1-6(2)10(5-11(17)18)20-13(19)8-3-7(14)4-9(15)12(8)16;8-2-1(7(13)14)3(9)5(11)6(12)4(2)10;8-2-1-3(9)6(11)4(5(2)10)7(12)13;1-4(2,7)3(5)6/h1-14H;1-13H;2*1-15H;3-4,6,10H,5H2,1-2H3,(H,17,18);12H2,(H,13,14);1H,(H,12,13);7H,1-2H3,(H,5,6)/q4*+1;;;;/p-4. The molecule has 1 unspecified atom stereocenters. The summed E-state index contributed by atoms with van der Waals surface area (Å²) in [7, 11) is -0.159. The molecule has 15 aromatic carbocycles. The lowest BCUT2D eigenvalue weighted by atomic mass is 10.0. The quantitative estimate of drug-likeness (QED) is 0.0204. The van der Waals surface area contributed by atoms with E-state index in [1.165, 1.54) is 76.4 Å². The first-order valence-corrected chi connectivity index (χ1v) is 51.9. The summed E-state index contributed by atoms with van der Waals surface area (Å²) in [6, 6.07) is 126. The first-order valence-electron chi connectivity index (χ1n) is 39.4. The molecule has 28 heteroatoms. The third kappa shape index (κ3) is 30.7. The van der Waals surface area contributed by atoms with Gasteiger partial charge in [0.1, 0.15) is 17.6 Å². The minimum Gasteiger partial charge on any atom is -0.550 e. The number of carbonyl (C=O) groups is 5. The van der Waals surface area contributed by atoms with Gasteiger partial charge in [-0.15, -0.1) is 0 Å². The molecule has 0 fully saturated rings. The lowest BCUT2D eigenvalue weighted by molar-refractivity contribution is -0.322. The van der Waals surface area contributed by atoms with Crippen molar-refractivity contribution in [3.8, 4) is 4.90 Å². The lowest BCUT2D eigenvalue weighted by Crippen LogP contribution is -2.43. The Morgan fingerprint density at radius 2 is 0.656 bits per heavy atom. The summed E-state index contributed by atoms with van der Waals surface area (Å²) >= 11 is 14.7. The predicted molar refractivity (Wildman–Crippen MR) is 566 cm³/mol. The number of nitrogens with two attached hydrogens (primary N) is 1. The van der Waals surface area contributed by atoms with Gasteiger partial charge in [0.15, 0.2) is 81.6 Å². The number of nitrogen functional groups attached to an aromatic ring is 1. The van der Waals surface area contributed by atoms with Crippen LogP contribution in [-0.2, 0) is 47.0 Å². The topological polar surface area (TPSA) is 233 Å². The van der Waals surface area contributed by atoms with Crippen LogP contribution >= 0.6 is 169 Å². The number of thiophene rings is 1. The van der Waals surface area contributed by atoms with Crippen molar-refractivity contribution in [1.82, 2.24) is 0 Å². The fourth-order valence-corrected chi connectivity index (χ4v) is 26.6. The molecule has 1 atom stereocenters. The van der Waals surface area contributed by atoms with Crippen LogP contribution in [0.2, 0.25) is 0 Å². The van der Waals surface area contributed by atoms with E-state index in [1.54, 1.807) is 6.07 Å². The average molecular weight is 2620 g/mol. The lowest BCUT2D eigenvalue weighted by Gasteiger charge is -2.22. The fraction of sp³-hybridized carbons (Fsp3) is 0.0777. The van der Waals surface area contributed by atoms with Crippen LogP contribution in [0.4, 0.5) is 27.6 Å². The van der Waals surface area contributed by atoms with Crippen LogP contribution in [0.25, 0.3) is 25.1 Å². The van der Waals surface area contributed by atoms with Crippen molar-refractivity contribution >= 4 is 257 Å². The maximum absolute atomic E-state index is 13.2. The zero-order chi connectivity index (χ0) is 95.0. The third-order valence-corrected chi connectivity index (χ3v) is 37.0. The van der Waals surface area contributed by atoms with Crippen molar-refractivity contribution in [2.45, 2.75) is 89.9 Å². The molecule has 1 heterocycles. The Morgan fingerprint density at radius 3 is 0.939 bits per heavy atom. The van der Waals surface area contributed by atoms with E-state index in [-0.39, 0.29) is 61.3 Å². The maximum atomic E-state index is 13.2. The second-order valence-corrected chi connectivity index (χ2v) is 44.3. The number of aliphatic carboxylic acids is 2. The summed E-state index contributed by atoms with van der Waals surface area (Å²) in [5, 5.41) is 52.5. The Balaban J connectivity index is 0.000000171. The molecule has 16 rings (SSSR count). The molecule has 131 heavy (non-hydrogen) atoms. The molecule has 0 amide bonds. The first kappa shape index (κ1) is 106. The molecule has 0 saturated heterocycles. The molecule has 12 nitrogen and oxygen atoms in total. The van der Waals surface area contributed by atoms with E-state index in [9.17, 15) is 66.4 Å². The van der Waals surface area contributed by atoms with E-state index >= 15 is 0 Å². The smallest absolute Gasteiger partial charge is 0.339 e. The number of carboxylic acid groups (broad SMARTS) is 4. The predicted octanol–water partition coefficient (Wildman–Crippen LogP) is 24.2. The molecule has 0 aliphatic heterocycles. The number of hydrogen-bond donors (Lipinski definition) is 2. The number of esters is 1. The van der Waals surface area contributed by atoms with Gasteiger partial charge in [-0.1, -0.05) is 202 Å². The van der Waals surface area contributed by atoms with Crippen LogP contribution in [-0.4, -0.2) is 46.7 Å². The van der Waals surface area contributed by atoms with Gasteiger partial charge in [-0.05, 0) is 354 Å². The molecule has 0 radical (unpaired) electrons. The van der Waals surface area contributed by atoms with Gasteiger partial charge in [0, 0.05) is 64.2 Å². The van der Waals surface area contributed by atoms with Crippen molar-refractivity contribution in [1.29, 1.82) is 0 Å². The molecule has 16 aromatic rings. The van der Waals surface area contributed by atoms with Crippen LogP contribution in [0, 0.1) is 60.0 Å². The van der Waals surface area contributed by atoms with E-state index in [4.69, 9.17) is 9.84 Å². The minimum atomic E-state index is -2.36. The number of rotatable bonds is 18. The molecule has 670 valence electrons. The largest absolute Gasteiger partial charge is 0.550 e. The molecular weight excluding hydrogens is 2540 g/mol. The van der Waals surface area contributed by atoms with Crippen molar-refractivity contribution in [2.24, 2.45) is 5.92 Å². The molecule has 0 bridgehead atoms.